The normalized spacial score (nSPS) is 28.1. The zero-order valence-electron chi connectivity index (χ0n) is 19.8. The van der Waals surface area contributed by atoms with E-state index in [2.05, 4.69) is 21.3 Å². The molecule has 0 radical (unpaired) electrons. The minimum Gasteiger partial charge on any atom is -0.373 e. The van der Waals surface area contributed by atoms with Crippen molar-refractivity contribution >= 4 is 17.5 Å². The van der Waals surface area contributed by atoms with Gasteiger partial charge in [0.1, 0.15) is 12.3 Å². The molecular formula is C25H39N5O3. The van der Waals surface area contributed by atoms with Gasteiger partial charge in [0.15, 0.2) is 0 Å². The SMILES string of the molecule is CNC(C)C(=O)NC(C(=O)N1CCC2NCC(C(O)Nc3ccccc3)C21)C1CCCCC1. The number of likely N-dealkylation sites (tertiary alicyclic amines) is 1. The van der Waals surface area contributed by atoms with E-state index < -0.39 is 12.3 Å². The number of hydrogen-bond donors (Lipinski definition) is 5. The average molecular weight is 458 g/mol. The van der Waals surface area contributed by atoms with E-state index >= 15 is 0 Å². The molecule has 6 unspecified atom stereocenters. The third-order valence-corrected chi connectivity index (χ3v) is 7.80. The van der Waals surface area contributed by atoms with Crippen LogP contribution in [0.5, 0.6) is 0 Å². The van der Waals surface area contributed by atoms with E-state index in [4.69, 9.17) is 0 Å². The lowest BCUT2D eigenvalue weighted by atomic mass is 9.83. The Hall–Kier alpha value is -2.16. The molecule has 0 bridgehead atoms. The highest BCUT2D eigenvalue weighted by molar-refractivity contribution is 5.90. The van der Waals surface area contributed by atoms with Gasteiger partial charge >= 0.3 is 0 Å². The second-order valence-corrected chi connectivity index (χ2v) is 9.84. The number of aliphatic hydroxyl groups is 1. The van der Waals surface area contributed by atoms with Crippen LogP contribution in [0, 0.1) is 11.8 Å². The third-order valence-electron chi connectivity index (χ3n) is 7.80. The predicted molar refractivity (Wildman–Crippen MR) is 128 cm³/mol. The molecule has 1 aliphatic carbocycles. The second kappa shape index (κ2) is 10.8. The van der Waals surface area contributed by atoms with Crippen LogP contribution in [0.1, 0.15) is 45.4 Å². The Kier molecular flexibility index (Phi) is 7.88. The molecular weight excluding hydrogens is 418 g/mol. The van der Waals surface area contributed by atoms with Crippen LogP contribution < -0.4 is 21.3 Å². The standard InChI is InChI=1S/C25H39N5O3/c1-16(26-2)23(31)29-21(17-9-5-3-6-10-17)25(33)30-14-13-20-22(30)19(15-27-20)24(32)28-18-11-7-4-8-12-18/h4,7-8,11-12,16-17,19-22,24,26-28,32H,3,5-6,9-10,13-15H2,1-2H3,(H,29,31). The summed E-state index contributed by atoms with van der Waals surface area (Å²) in [5, 5.41) is 23.8. The smallest absolute Gasteiger partial charge is 0.245 e. The molecule has 3 aliphatic rings. The van der Waals surface area contributed by atoms with Crippen molar-refractivity contribution < 1.29 is 14.7 Å². The molecule has 2 saturated heterocycles. The first-order chi connectivity index (χ1) is 16.0. The fourth-order valence-electron chi connectivity index (χ4n) is 5.78. The molecule has 1 aromatic rings. The number of likely N-dealkylation sites (N-methyl/N-ethyl adjacent to an activating group) is 1. The van der Waals surface area contributed by atoms with E-state index in [1.165, 1.54) is 6.42 Å². The molecule has 182 valence electrons. The number of nitrogens with zero attached hydrogens (tertiary/aromatic N) is 1. The highest BCUT2D eigenvalue weighted by Gasteiger charge is 2.50. The fraction of sp³-hybridized carbons (Fsp3) is 0.680. The van der Waals surface area contributed by atoms with Crippen molar-refractivity contribution in [3.8, 4) is 0 Å². The topological polar surface area (TPSA) is 106 Å². The average Bonchev–Trinajstić information content (AvgIpc) is 3.45. The Morgan fingerprint density at radius 1 is 1.12 bits per heavy atom. The molecule has 2 amide bonds. The second-order valence-electron chi connectivity index (χ2n) is 9.84. The Morgan fingerprint density at radius 3 is 2.55 bits per heavy atom. The number of aliphatic hydroxyl groups excluding tert-OH is 1. The lowest BCUT2D eigenvalue weighted by Gasteiger charge is -2.37. The quantitative estimate of drug-likeness (QED) is 0.377. The molecule has 0 aromatic heterocycles. The first-order valence-corrected chi connectivity index (χ1v) is 12.5. The summed E-state index contributed by atoms with van der Waals surface area (Å²) in [7, 11) is 1.75. The van der Waals surface area contributed by atoms with Crippen LogP contribution in [0.3, 0.4) is 0 Å². The highest BCUT2D eigenvalue weighted by atomic mass is 16.3. The molecule has 2 aliphatic heterocycles. The minimum absolute atomic E-state index is 0.00617. The maximum atomic E-state index is 13.9. The largest absolute Gasteiger partial charge is 0.373 e. The number of amides is 2. The molecule has 3 fully saturated rings. The number of anilines is 1. The van der Waals surface area contributed by atoms with Gasteiger partial charge in [-0.15, -0.1) is 0 Å². The van der Waals surface area contributed by atoms with Gasteiger partial charge in [0, 0.05) is 30.7 Å². The van der Waals surface area contributed by atoms with Gasteiger partial charge in [-0.25, -0.2) is 0 Å². The van der Waals surface area contributed by atoms with Crippen molar-refractivity contribution in [1.82, 2.24) is 20.9 Å². The Morgan fingerprint density at radius 2 is 1.85 bits per heavy atom. The first kappa shape index (κ1) is 24.0. The number of rotatable bonds is 8. The van der Waals surface area contributed by atoms with Gasteiger partial charge in [-0.2, -0.15) is 0 Å². The van der Waals surface area contributed by atoms with Gasteiger partial charge in [-0.1, -0.05) is 37.5 Å². The molecule has 1 aromatic carbocycles. The highest BCUT2D eigenvalue weighted by Crippen LogP contribution is 2.34. The fourth-order valence-corrected chi connectivity index (χ4v) is 5.78. The van der Waals surface area contributed by atoms with E-state index in [0.29, 0.717) is 13.1 Å². The van der Waals surface area contributed by atoms with Gasteiger partial charge in [0.2, 0.25) is 11.8 Å². The molecule has 2 heterocycles. The monoisotopic (exact) mass is 457 g/mol. The summed E-state index contributed by atoms with van der Waals surface area (Å²) in [6, 6.07) is 8.88. The van der Waals surface area contributed by atoms with Crippen LogP contribution >= 0.6 is 0 Å². The van der Waals surface area contributed by atoms with Crippen molar-refractivity contribution in [2.24, 2.45) is 11.8 Å². The lowest BCUT2D eigenvalue weighted by molar-refractivity contribution is -0.140. The number of fused-ring (bicyclic) bond motifs is 1. The van der Waals surface area contributed by atoms with Gasteiger partial charge in [0.05, 0.1) is 12.1 Å². The third kappa shape index (κ3) is 5.34. The molecule has 5 N–H and O–H groups in total. The van der Waals surface area contributed by atoms with Crippen molar-refractivity contribution in [3.63, 3.8) is 0 Å². The van der Waals surface area contributed by atoms with Crippen molar-refractivity contribution in [1.29, 1.82) is 0 Å². The summed E-state index contributed by atoms with van der Waals surface area (Å²) >= 11 is 0. The number of carbonyl (C=O) groups excluding carboxylic acids is 2. The molecule has 6 atom stereocenters. The van der Waals surface area contributed by atoms with Gasteiger partial charge in [-0.05, 0) is 51.3 Å². The van der Waals surface area contributed by atoms with E-state index in [9.17, 15) is 14.7 Å². The zero-order chi connectivity index (χ0) is 23.4. The Balaban J connectivity index is 1.50. The molecule has 33 heavy (non-hydrogen) atoms. The van der Waals surface area contributed by atoms with Gasteiger partial charge < -0.3 is 31.3 Å². The van der Waals surface area contributed by atoms with Crippen LogP contribution in [-0.2, 0) is 9.59 Å². The van der Waals surface area contributed by atoms with Crippen molar-refractivity contribution in [3.05, 3.63) is 30.3 Å². The maximum Gasteiger partial charge on any atom is 0.245 e. The summed E-state index contributed by atoms with van der Waals surface area (Å²) in [6.07, 6.45) is 5.41. The lowest BCUT2D eigenvalue weighted by Crippen LogP contribution is -2.58. The first-order valence-electron chi connectivity index (χ1n) is 12.5. The van der Waals surface area contributed by atoms with Crippen LogP contribution in [-0.4, -0.2) is 72.4 Å². The van der Waals surface area contributed by atoms with E-state index in [1.54, 1.807) is 7.05 Å². The molecule has 8 nitrogen and oxygen atoms in total. The van der Waals surface area contributed by atoms with Crippen LogP contribution in [0.2, 0.25) is 0 Å². The van der Waals surface area contributed by atoms with E-state index in [1.807, 2.05) is 42.2 Å². The maximum absolute atomic E-state index is 13.9. The van der Waals surface area contributed by atoms with Gasteiger partial charge in [-0.3, -0.25) is 9.59 Å². The van der Waals surface area contributed by atoms with Crippen LogP contribution in [0.25, 0.3) is 0 Å². The summed E-state index contributed by atoms with van der Waals surface area (Å²) < 4.78 is 0. The van der Waals surface area contributed by atoms with Crippen molar-refractivity contribution in [2.45, 2.75) is 75.8 Å². The molecule has 8 heteroatoms. The Bertz CT molecular complexity index is 800. The summed E-state index contributed by atoms with van der Waals surface area (Å²) in [5.74, 6) is -0.0882. The molecule has 0 spiro atoms. The predicted octanol–water partition coefficient (Wildman–Crippen LogP) is 1.28. The summed E-state index contributed by atoms with van der Waals surface area (Å²) in [4.78, 5) is 28.6. The number of hydrogen-bond acceptors (Lipinski definition) is 6. The summed E-state index contributed by atoms with van der Waals surface area (Å²) in [6.45, 7) is 3.11. The summed E-state index contributed by atoms with van der Waals surface area (Å²) in [5.41, 5.74) is 0.859. The van der Waals surface area contributed by atoms with Crippen molar-refractivity contribution in [2.75, 3.05) is 25.5 Å². The van der Waals surface area contributed by atoms with E-state index in [0.717, 1.165) is 37.8 Å². The molecule has 4 rings (SSSR count). The zero-order valence-corrected chi connectivity index (χ0v) is 19.8. The number of para-hydroxylation sites is 1. The Labute approximate surface area is 196 Å². The van der Waals surface area contributed by atoms with E-state index in [-0.39, 0.29) is 41.8 Å². The number of nitrogens with one attached hydrogen (secondary N) is 4. The molecule has 1 saturated carbocycles. The minimum atomic E-state index is -0.768. The van der Waals surface area contributed by atoms with Crippen LogP contribution in [0.4, 0.5) is 5.69 Å². The van der Waals surface area contributed by atoms with Crippen LogP contribution in [0.15, 0.2) is 30.3 Å². The van der Waals surface area contributed by atoms with Gasteiger partial charge in [0.25, 0.3) is 0 Å². The number of benzene rings is 1. The number of carbonyl (C=O) groups is 2.